The molecule has 1 aromatic heterocycles. The molecule has 1 heterocycles. The van der Waals surface area contributed by atoms with Gasteiger partial charge in [-0.05, 0) is 59.7 Å². The number of rotatable bonds is 11. The van der Waals surface area contributed by atoms with Crippen molar-refractivity contribution < 1.29 is 24.2 Å². The zero-order valence-electron chi connectivity index (χ0n) is 20.5. The van der Waals surface area contributed by atoms with E-state index in [0.717, 1.165) is 16.8 Å². The maximum atomic E-state index is 13.4. The zero-order chi connectivity index (χ0) is 26.0. The van der Waals surface area contributed by atoms with Gasteiger partial charge in [0.2, 0.25) is 0 Å². The van der Waals surface area contributed by atoms with Crippen molar-refractivity contribution in [2.24, 2.45) is 0 Å². The molecule has 0 spiro atoms. The molecular weight excluding hydrogens is 468 g/mol. The Morgan fingerprint density at radius 3 is 2.24 bits per heavy atom. The lowest BCUT2D eigenvalue weighted by Gasteiger charge is -2.24. The molecule has 0 aliphatic rings. The van der Waals surface area contributed by atoms with Crippen LogP contribution in [0.2, 0.25) is 0 Å². The number of pyridine rings is 1. The van der Waals surface area contributed by atoms with Gasteiger partial charge >= 0.3 is 5.97 Å². The second kappa shape index (κ2) is 12.4. The molecule has 0 unspecified atom stereocenters. The van der Waals surface area contributed by atoms with Crippen LogP contribution in [-0.2, 0) is 19.6 Å². The fourth-order valence-electron chi connectivity index (χ4n) is 3.87. The Labute approximate surface area is 215 Å². The monoisotopic (exact) mass is 496 g/mol. The molecule has 0 aliphatic carbocycles. The van der Waals surface area contributed by atoms with E-state index in [1.54, 1.807) is 30.3 Å². The van der Waals surface area contributed by atoms with E-state index in [9.17, 15) is 14.7 Å². The summed E-state index contributed by atoms with van der Waals surface area (Å²) in [5.41, 5.74) is 3.35. The van der Waals surface area contributed by atoms with Crippen LogP contribution < -0.4 is 9.47 Å². The van der Waals surface area contributed by atoms with E-state index in [4.69, 9.17) is 9.47 Å². The topological polar surface area (TPSA) is 89.0 Å². The molecule has 0 saturated carbocycles. The molecule has 4 rings (SSSR count). The average Bonchev–Trinajstić information content (AvgIpc) is 2.95. The molecule has 4 aromatic rings. The predicted octanol–water partition coefficient (Wildman–Crippen LogP) is 5.25. The lowest BCUT2D eigenvalue weighted by atomic mass is 10.1. The highest BCUT2D eigenvalue weighted by Gasteiger charge is 2.18. The van der Waals surface area contributed by atoms with Crippen molar-refractivity contribution in [2.75, 3.05) is 13.7 Å². The molecular formula is C30H28N2O5. The van der Waals surface area contributed by atoms with Gasteiger partial charge in [0.1, 0.15) is 6.61 Å². The molecule has 3 aromatic carbocycles. The molecule has 188 valence electrons. The first-order valence-electron chi connectivity index (χ1n) is 11.9. The van der Waals surface area contributed by atoms with Crippen LogP contribution in [0.15, 0.2) is 97.2 Å². The van der Waals surface area contributed by atoms with Crippen LogP contribution in [0.25, 0.3) is 0 Å². The Hall–Kier alpha value is -4.65. The summed E-state index contributed by atoms with van der Waals surface area (Å²) in [5.74, 6) is -0.0361. The normalized spacial score (nSPS) is 10.5. The summed E-state index contributed by atoms with van der Waals surface area (Å²) in [6.07, 6.45) is 2.31. The molecule has 0 radical (unpaired) electrons. The largest absolute Gasteiger partial charge is 0.493 e. The molecule has 1 amide bonds. The summed E-state index contributed by atoms with van der Waals surface area (Å²) in [7, 11) is 1.59. The first kappa shape index (κ1) is 25.4. The third-order valence-corrected chi connectivity index (χ3v) is 5.87. The minimum absolute atomic E-state index is 0.132. The number of aromatic nitrogens is 1. The zero-order valence-corrected chi connectivity index (χ0v) is 20.5. The summed E-state index contributed by atoms with van der Waals surface area (Å²) in [4.78, 5) is 30.7. The lowest BCUT2D eigenvalue weighted by molar-refractivity contribution is 0.0693. The number of nitrogens with zero attached hydrogens (tertiary/aromatic N) is 2. The van der Waals surface area contributed by atoms with Gasteiger partial charge in [-0.2, -0.15) is 0 Å². The highest BCUT2D eigenvalue weighted by molar-refractivity contribution is 5.95. The second-order valence-corrected chi connectivity index (χ2v) is 8.44. The number of carbonyl (C=O) groups is 2. The summed E-state index contributed by atoms with van der Waals surface area (Å²) < 4.78 is 11.5. The predicted molar refractivity (Wildman–Crippen MR) is 140 cm³/mol. The number of ether oxygens (including phenoxy) is 2. The van der Waals surface area contributed by atoms with Gasteiger partial charge in [-0.15, -0.1) is 0 Å². The molecule has 1 N–H and O–H groups in total. The summed E-state index contributed by atoms with van der Waals surface area (Å²) in [6, 6.07) is 27.2. The highest BCUT2D eigenvalue weighted by Crippen LogP contribution is 2.29. The maximum absolute atomic E-state index is 13.4. The van der Waals surface area contributed by atoms with Crippen molar-refractivity contribution in [2.45, 2.75) is 19.6 Å². The minimum atomic E-state index is -1.03. The quantitative estimate of drug-likeness (QED) is 0.305. The van der Waals surface area contributed by atoms with Crippen molar-refractivity contribution >= 4 is 11.9 Å². The van der Waals surface area contributed by atoms with Gasteiger partial charge in [-0.1, -0.05) is 42.5 Å². The van der Waals surface area contributed by atoms with Gasteiger partial charge in [0.15, 0.2) is 11.5 Å². The lowest BCUT2D eigenvalue weighted by Crippen LogP contribution is -2.32. The first-order chi connectivity index (χ1) is 18.0. The fourth-order valence-corrected chi connectivity index (χ4v) is 3.87. The Morgan fingerprint density at radius 2 is 1.57 bits per heavy atom. The molecule has 0 bridgehead atoms. The molecule has 0 aliphatic heterocycles. The third-order valence-electron chi connectivity index (χ3n) is 5.87. The van der Waals surface area contributed by atoms with Crippen LogP contribution in [0, 0.1) is 0 Å². The van der Waals surface area contributed by atoms with Gasteiger partial charge in [0.25, 0.3) is 5.91 Å². The van der Waals surface area contributed by atoms with Crippen LogP contribution in [0.1, 0.15) is 37.5 Å². The number of carbonyl (C=O) groups excluding carboxylic acids is 1. The smallest absolute Gasteiger partial charge is 0.335 e. The molecule has 7 heteroatoms. The Kier molecular flexibility index (Phi) is 8.49. The Bertz CT molecular complexity index is 1330. The SMILES string of the molecule is COc1cc(CN(CCc2ccccn2)C(=O)c2ccc(C(=O)O)cc2)ccc1OCc1ccccc1. The van der Waals surface area contributed by atoms with Crippen LogP contribution >= 0.6 is 0 Å². The number of benzene rings is 3. The number of amides is 1. The first-order valence-corrected chi connectivity index (χ1v) is 11.9. The molecule has 0 atom stereocenters. The molecule has 0 saturated heterocycles. The van der Waals surface area contributed by atoms with E-state index in [1.165, 1.54) is 12.1 Å². The highest BCUT2D eigenvalue weighted by atomic mass is 16.5. The number of carboxylic acids is 1. The average molecular weight is 497 g/mol. The van der Waals surface area contributed by atoms with E-state index in [2.05, 4.69) is 4.98 Å². The summed E-state index contributed by atoms with van der Waals surface area (Å²) >= 11 is 0. The van der Waals surface area contributed by atoms with Gasteiger partial charge in [0.05, 0.1) is 12.7 Å². The van der Waals surface area contributed by atoms with E-state index < -0.39 is 5.97 Å². The van der Waals surface area contributed by atoms with Crippen LogP contribution in [0.3, 0.4) is 0 Å². The summed E-state index contributed by atoms with van der Waals surface area (Å²) in [6.45, 7) is 1.18. The number of carboxylic acid groups (broad SMARTS) is 1. The molecule has 7 nitrogen and oxygen atoms in total. The van der Waals surface area contributed by atoms with Gasteiger partial charge in [0, 0.05) is 37.0 Å². The van der Waals surface area contributed by atoms with E-state index in [-0.39, 0.29) is 11.5 Å². The minimum Gasteiger partial charge on any atom is -0.493 e. The molecule has 37 heavy (non-hydrogen) atoms. The third kappa shape index (κ3) is 6.95. The van der Waals surface area contributed by atoms with Crippen molar-refractivity contribution in [3.63, 3.8) is 0 Å². The Balaban J connectivity index is 1.52. The standard InChI is InChI=1S/C30H28N2O5/c1-36-28-19-23(10-15-27(28)37-21-22-7-3-2-4-8-22)20-32(18-16-26-9-5-6-17-31-26)29(33)24-11-13-25(14-12-24)30(34)35/h2-15,17,19H,16,18,20-21H2,1H3,(H,34,35). The number of aromatic carboxylic acids is 1. The van der Waals surface area contributed by atoms with Crippen molar-refractivity contribution in [1.29, 1.82) is 0 Å². The van der Waals surface area contributed by atoms with E-state index >= 15 is 0 Å². The van der Waals surface area contributed by atoms with Gasteiger partial charge in [-0.3, -0.25) is 9.78 Å². The van der Waals surface area contributed by atoms with Crippen LogP contribution in [0.4, 0.5) is 0 Å². The van der Waals surface area contributed by atoms with Gasteiger partial charge in [-0.25, -0.2) is 4.79 Å². The van der Waals surface area contributed by atoms with Crippen molar-refractivity contribution in [1.82, 2.24) is 9.88 Å². The second-order valence-electron chi connectivity index (χ2n) is 8.44. The maximum Gasteiger partial charge on any atom is 0.335 e. The van der Waals surface area contributed by atoms with E-state index in [0.29, 0.717) is 43.2 Å². The number of hydrogen-bond donors (Lipinski definition) is 1. The van der Waals surface area contributed by atoms with Crippen LogP contribution in [-0.4, -0.2) is 40.5 Å². The van der Waals surface area contributed by atoms with E-state index in [1.807, 2.05) is 66.7 Å². The van der Waals surface area contributed by atoms with Crippen LogP contribution in [0.5, 0.6) is 11.5 Å². The fraction of sp³-hybridized carbons (Fsp3) is 0.167. The summed E-state index contributed by atoms with van der Waals surface area (Å²) in [5, 5.41) is 9.18. The number of methoxy groups -OCH3 is 1. The van der Waals surface area contributed by atoms with Crippen molar-refractivity contribution in [3.05, 3.63) is 125 Å². The molecule has 0 fully saturated rings. The Morgan fingerprint density at radius 1 is 0.838 bits per heavy atom. The van der Waals surface area contributed by atoms with Crippen molar-refractivity contribution in [3.8, 4) is 11.5 Å². The number of hydrogen-bond acceptors (Lipinski definition) is 5. The van der Waals surface area contributed by atoms with Gasteiger partial charge < -0.3 is 19.5 Å².